The van der Waals surface area contributed by atoms with Crippen molar-refractivity contribution in [2.24, 2.45) is 0 Å². The van der Waals surface area contributed by atoms with Gasteiger partial charge in [-0.1, -0.05) is 31.2 Å². The third kappa shape index (κ3) is 2.66. The average molecular weight is 216 g/mol. The van der Waals surface area contributed by atoms with Crippen molar-refractivity contribution in [3.63, 3.8) is 0 Å². The molecule has 1 nitrogen and oxygen atoms in total. The topological polar surface area (TPSA) is 9.23 Å². The monoisotopic (exact) mass is 216 g/mol. The maximum Gasteiger partial charge on any atom is 0.120 e. The summed E-state index contributed by atoms with van der Waals surface area (Å²) in [5.74, 6) is 0.974. The Morgan fingerprint density at radius 3 is 2.69 bits per heavy atom. The highest BCUT2D eigenvalue weighted by Gasteiger charge is 2.28. The third-order valence-electron chi connectivity index (χ3n) is 3.37. The summed E-state index contributed by atoms with van der Waals surface area (Å²) in [4.78, 5) is 0. The smallest absolute Gasteiger partial charge is 0.120 e. The van der Waals surface area contributed by atoms with Gasteiger partial charge < -0.3 is 4.74 Å². The van der Waals surface area contributed by atoms with Crippen LogP contribution in [0.3, 0.4) is 0 Å². The molecule has 1 aromatic carbocycles. The fraction of sp³-hybridized carbons (Fsp3) is 0.467. The summed E-state index contributed by atoms with van der Waals surface area (Å²) in [7, 11) is 0. The van der Waals surface area contributed by atoms with Gasteiger partial charge in [0, 0.05) is 0 Å². The Labute approximate surface area is 98.1 Å². The van der Waals surface area contributed by atoms with Crippen molar-refractivity contribution < 1.29 is 4.74 Å². The Kier molecular flexibility index (Phi) is 3.33. The molecule has 0 unspecified atom stereocenters. The molecule has 0 aliphatic heterocycles. The molecule has 1 aromatic rings. The van der Waals surface area contributed by atoms with Crippen molar-refractivity contribution in [2.45, 2.75) is 44.6 Å². The summed E-state index contributed by atoms with van der Waals surface area (Å²) in [5.41, 5.74) is 1.16. The summed E-state index contributed by atoms with van der Waals surface area (Å²) in [6.45, 7) is 6.01. The quantitative estimate of drug-likeness (QED) is 0.726. The fourth-order valence-corrected chi connectivity index (χ4v) is 2.39. The van der Waals surface area contributed by atoms with Gasteiger partial charge in [-0.15, -0.1) is 0 Å². The summed E-state index contributed by atoms with van der Waals surface area (Å²) in [6.07, 6.45) is 8.13. The zero-order chi connectivity index (χ0) is 11.4. The standard InChI is InChI=1S/C15H20O/c1-3-13-8-7-9-14(12-13)16-15(2)10-5-4-6-11-15/h3,7-9,12H,1,4-6,10-11H2,2H3. The van der Waals surface area contributed by atoms with E-state index in [-0.39, 0.29) is 5.60 Å². The van der Waals surface area contributed by atoms with Crippen LogP contribution in [0, 0.1) is 0 Å². The molecule has 0 N–H and O–H groups in total. The molecule has 0 atom stereocenters. The van der Waals surface area contributed by atoms with Gasteiger partial charge in [0.25, 0.3) is 0 Å². The first-order valence-electron chi connectivity index (χ1n) is 6.13. The largest absolute Gasteiger partial charge is 0.488 e. The van der Waals surface area contributed by atoms with Gasteiger partial charge >= 0.3 is 0 Å². The van der Waals surface area contributed by atoms with Crippen LogP contribution in [0.1, 0.15) is 44.6 Å². The van der Waals surface area contributed by atoms with E-state index in [0.717, 1.165) is 11.3 Å². The van der Waals surface area contributed by atoms with Crippen molar-refractivity contribution in [1.82, 2.24) is 0 Å². The lowest BCUT2D eigenvalue weighted by molar-refractivity contribution is 0.0487. The molecule has 0 radical (unpaired) electrons. The molecule has 1 fully saturated rings. The highest BCUT2D eigenvalue weighted by atomic mass is 16.5. The summed E-state index contributed by atoms with van der Waals surface area (Å²) < 4.78 is 6.14. The van der Waals surface area contributed by atoms with Crippen molar-refractivity contribution >= 4 is 6.08 Å². The van der Waals surface area contributed by atoms with Gasteiger partial charge in [-0.05, 0) is 50.3 Å². The van der Waals surface area contributed by atoms with Gasteiger partial charge in [0.1, 0.15) is 11.4 Å². The van der Waals surface area contributed by atoms with E-state index in [4.69, 9.17) is 4.74 Å². The lowest BCUT2D eigenvalue weighted by Crippen LogP contribution is -2.34. The van der Waals surface area contributed by atoms with E-state index < -0.39 is 0 Å². The molecule has 86 valence electrons. The number of hydrogen-bond acceptors (Lipinski definition) is 1. The molecule has 1 aliphatic carbocycles. The van der Waals surface area contributed by atoms with E-state index in [1.165, 1.54) is 32.1 Å². The number of ether oxygens (including phenoxy) is 1. The lowest BCUT2D eigenvalue weighted by atomic mass is 9.86. The second-order valence-corrected chi connectivity index (χ2v) is 4.89. The van der Waals surface area contributed by atoms with Crippen LogP contribution in [-0.4, -0.2) is 5.60 Å². The second-order valence-electron chi connectivity index (χ2n) is 4.89. The van der Waals surface area contributed by atoms with Crippen molar-refractivity contribution in [1.29, 1.82) is 0 Å². The van der Waals surface area contributed by atoms with Crippen LogP contribution in [-0.2, 0) is 0 Å². The number of rotatable bonds is 3. The maximum atomic E-state index is 6.14. The first kappa shape index (κ1) is 11.3. The number of hydrogen-bond donors (Lipinski definition) is 0. The molecular formula is C15H20O. The minimum absolute atomic E-state index is 0.0397. The Morgan fingerprint density at radius 2 is 2.00 bits per heavy atom. The fourth-order valence-electron chi connectivity index (χ4n) is 2.39. The maximum absolute atomic E-state index is 6.14. The Hall–Kier alpha value is -1.24. The van der Waals surface area contributed by atoms with Gasteiger partial charge in [0.05, 0.1) is 0 Å². The van der Waals surface area contributed by atoms with E-state index in [2.05, 4.69) is 19.6 Å². The Bertz CT molecular complexity index is 361. The Morgan fingerprint density at radius 1 is 1.25 bits per heavy atom. The van der Waals surface area contributed by atoms with Gasteiger partial charge in [-0.25, -0.2) is 0 Å². The molecule has 0 amide bonds. The van der Waals surface area contributed by atoms with Gasteiger partial charge in [0.15, 0.2) is 0 Å². The van der Waals surface area contributed by atoms with E-state index in [1.807, 2.05) is 24.3 Å². The van der Waals surface area contributed by atoms with Gasteiger partial charge in [-0.3, -0.25) is 0 Å². The molecule has 0 bridgehead atoms. The van der Waals surface area contributed by atoms with Gasteiger partial charge in [0.2, 0.25) is 0 Å². The normalized spacial score (nSPS) is 19.1. The molecule has 1 aliphatic rings. The van der Waals surface area contributed by atoms with Crippen LogP contribution >= 0.6 is 0 Å². The highest BCUT2D eigenvalue weighted by Crippen LogP contribution is 2.32. The van der Waals surface area contributed by atoms with Crippen molar-refractivity contribution in [3.05, 3.63) is 36.4 Å². The predicted molar refractivity (Wildman–Crippen MR) is 68.7 cm³/mol. The van der Waals surface area contributed by atoms with Gasteiger partial charge in [-0.2, -0.15) is 0 Å². The van der Waals surface area contributed by atoms with Crippen LogP contribution < -0.4 is 4.74 Å². The van der Waals surface area contributed by atoms with E-state index >= 15 is 0 Å². The van der Waals surface area contributed by atoms with Crippen LogP contribution in [0.5, 0.6) is 5.75 Å². The average Bonchev–Trinajstić information content (AvgIpc) is 2.29. The summed E-state index contributed by atoms with van der Waals surface area (Å²) >= 11 is 0. The van der Waals surface area contributed by atoms with Crippen LogP contribution in [0.2, 0.25) is 0 Å². The van der Waals surface area contributed by atoms with Crippen molar-refractivity contribution in [2.75, 3.05) is 0 Å². The predicted octanol–water partition coefficient (Wildman–Crippen LogP) is 4.43. The van der Waals surface area contributed by atoms with Crippen LogP contribution in [0.25, 0.3) is 6.08 Å². The molecule has 1 saturated carbocycles. The minimum Gasteiger partial charge on any atom is -0.488 e. The van der Waals surface area contributed by atoms with E-state index in [9.17, 15) is 0 Å². The lowest BCUT2D eigenvalue weighted by Gasteiger charge is -2.34. The minimum atomic E-state index is 0.0397. The molecule has 0 heterocycles. The van der Waals surface area contributed by atoms with E-state index in [0.29, 0.717) is 0 Å². The zero-order valence-corrected chi connectivity index (χ0v) is 10.0. The molecule has 0 saturated heterocycles. The van der Waals surface area contributed by atoms with Crippen LogP contribution in [0.15, 0.2) is 30.8 Å². The highest BCUT2D eigenvalue weighted by molar-refractivity contribution is 5.49. The van der Waals surface area contributed by atoms with Crippen molar-refractivity contribution in [3.8, 4) is 5.75 Å². The Balaban J connectivity index is 2.09. The van der Waals surface area contributed by atoms with E-state index in [1.54, 1.807) is 0 Å². The first-order chi connectivity index (χ1) is 7.72. The molecule has 1 heteroatoms. The second kappa shape index (κ2) is 4.73. The summed E-state index contributed by atoms with van der Waals surface area (Å²) in [5, 5.41) is 0. The number of benzene rings is 1. The van der Waals surface area contributed by atoms with Crippen LogP contribution in [0.4, 0.5) is 0 Å². The molecular weight excluding hydrogens is 196 g/mol. The SMILES string of the molecule is C=Cc1cccc(OC2(C)CCCCC2)c1. The zero-order valence-electron chi connectivity index (χ0n) is 10.0. The molecule has 0 aromatic heterocycles. The molecule has 0 spiro atoms. The third-order valence-corrected chi connectivity index (χ3v) is 3.37. The summed E-state index contributed by atoms with van der Waals surface area (Å²) in [6, 6.07) is 8.17. The molecule has 2 rings (SSSR count). The molecule has 16 heavy (non-hydrogen) atoms. The first-order valence-corrected chi connectivity index (χ1v) is 6.13.